The summed E-state index contributed by atoms with van der Waals surface area (Å²) in [6, 6.07) is 14.0. The van der Waals surface area contributed by atoms with Gasteiger partial charge in [0.25, 0.3) is 11.8 Å². The molecule has 6 nitrogen and oxygen atoms in total. The molecule has 30 heavy (non-hydrogen) atoms. The predicted octanol–water partition coefficient (Wildman–Crippen LogP) is 4.04. The van der Waals surface area contributed by atoms with Crippen LogP contribution in [0.1, 0.15) is 35.5 Å². The van der Waals surface area contributed by atoms with Gasteiger partial charge in [0.05, 0.1) is 16.8 Å². The van der Waals surface area contributed by atoms with Crippen LogP contribution in [0.2, 0.25) is 5.02 Å². The van der Waals surface area contributed by atoms with Crippen molar-refractivity contribution in [2.24, 2.45) is 18.1 Å². The standard InChI is InChI=1S/C23H25ClN4O2/c1-14(2)21(26-22(29)17-10-5-7-11-19(17)24)23(30)27-25-13-18-15(3)28(4)20-12-8-6-9-16(18)20/h5-14,21H,1-4H3,(H,26,29)(H,27,30). The lowest BCUT2D eigenvalue weighted by atomic mass is 10.0. The number of amides is 2. The quantitative estimate of drug-likeness (QED) is 0.462. The molecule has 1 unspecified atom stereocenters. The Hall–Kier alpha value is -3.12. The fourth-order valence-corrected chi connectivity index (χ4v) is 3.56. The number of carbonyl (C=O) groups excluding carboxylic acids is 2. The Morgan fingerprint density at radius 3 is 2.47 bits per heavy atom. The Labute approximate surface area is 180 Å². The molecule has 1 heterocycles. The molecule has 2 aromatic carbocycles. The van der Waals surface area contributed by atoms with Crippen LogP contribution in [0, 0.1) is 12.8 Å². The zero-order chi connectivity index (χ0) is 21.8. The van der Waals surface area contributed by atoms with Crippen LogP contribution in [0.15, 0.2) is 53.6 Å². The first kappa shape index (κ1) is 21.6. The molecule has 2 amide bonds. The predicted molar refractivity (Wildman–Crippen MR) is 121 cm³/mol. The number of benzene rings is 2. The number of nitrogens with zero attached hydrogens (tertiary/aromatic N) is 2. The molecule has 0 radical (unpaired) electrons. The summed E-state index contributed by atoms with van der Waals surface area (Å²) < 4.78 is 2.08. The molecule has 1 aromatic heterocycles. The minimum atomic E-state index is -0.750. The van der Waals surface area contributed by atoms with Crippen LogP contribution < -0.4 is 10.7 Å². The molecule has 0 aliphatic rings. The maximum Gasteiger partial charge on any atom is 0.262 e. The van der Waals surface area contributed by atoms with E-state index in [2.05, 4.69) is 20.4 Å². The number of aromatic nitrogens is 1. The second-order valence-electron chi connectivity index (χ2n) is 7.48. The van der Waals surface area contributed by atoms with Gasteiger partial charge in [-0.15, -0.1) is 0 Å². The van der Waals surface area contributed by atoms with E-state index in [4.69, 9.17) is 11.6 Å². The first-order valence-corrected chi connectivity index (χ1v) is 10.1. The van der Waals surface area contributed by atoms with Crippen molar-refractivity contribution in [3.63, 3.8) is 0 Å². The zero-order valence-electron chi connectivity index (χ0n) is 17.4. The van der Waals surface area contributed by atoms with Crippen LogP contribution >= 0.6 is 11.6 Å². The second-order valence-corrected chi connectivity index (χ2v) is 7.89. The molecule has 2 N–H and O–H groups in total. The van der Waals surface area contributed by atoms with Gasteiger partial charge in [-0.2, -0.15) is 5.10 Å². The van der Waals surface area contributed by atoms with E-state index in [-0.39, 0.29) is 11.8 Å². The zero-order valence-corrected chi connectivity index (χ0v) is 18.2. The van der Waals surface area contributed by atoms with Crippen LogP contribution in [-0.2, 0) is 11.8 Å². The summed E-state index contributed by atoms with van der Waals surface area (Å²) in [5.41, 5.74) is 5.96. The van der Waals surface area contributed by atoms with E-state index >= 15 is 0 Å². The molecule has 0 spiro atoms. The van der Waals surface area contributed by atoms with E-state index in [1.54, 1.807) is 30.5 Å². The summed E-state index contributed by atoms with van der Waals surface area (Å²) in [5.74, 6) is -0.922. The normalized spacial score (nSPS) is 12.5. The number of hydrazone groups is 1. The van der Waals surface area contributed by atoms with Crippen molar-refractivity contribution in [1.82, 2.24) is 15.3 Å². The number of halogens is 1. The van der Waals surface area contributed by atoms with E-state index in [0.29, 0.717) is 10.6 Å². The van der Waals surface area contributed by atoms with Gasteiger partial charge in [0.15, 0.2) is 0 Å². The third-order valence-corrected chi connectivity index (χ3v) is 5.50. The molecule has 1 atom stereocenters. The molecular formula is C23H25ClN4O2. The number of fused-ring (bicyclic) bond motifs is 1. The number of rotatable bonds is 6. The highest BCUT2D eigenvalue weighted by Crippen LogP contribution is 2.23. The molecule has 3 rings (SSSR count). The number of hydrogen-bond acceptors (Lipinski definition) is 3. The summed E-state index contributed by atoms with van der Waals surface area (Å²) in [7, 11) is 1.99. The summed E-state index contributed by atoms with van der Waals surface area (Å²) in [4.78, 5) is 25.3. The highest BCUT2D eigenvalue weighted by atomic mass is 35.5. The molecule has 0 saturated carbocycles. The molecule has 0 aliphatic carbocycles. The van der Waals surface area contributed by atoms with Crippen molar-refractivity contribution in [2.45, 2.75) is 26.8 Å². The van der Waals surface area contributed by atoms with Crippen LogP contribution in [-0.4, -0.2) is 28.6 Å². The van der Waals surface area contributed by atoms with Crippen LogP contribution in [0.4, 0.5) is 0 Å². The highest BCUT2D eigenvalue weighted by Gasteiger charge is 2.25. The fourth-order valence-electron chi connectivity index (χ4n) is 3.34. The number of para-hydroxylation sites is 1. The van der Waals surface area contributed by atoms with E-state index in [9.17, 15) is 9.59 Å². The SMILES string of the molecule is Cc1c(C=NNC(=O)C(NC(=O)c2ccccc2Cl)C(C)C)c2ccccc2n1C. The number of aryl methyl sites for hydroxylation is 1. The monoisotopic (exact) mass is 424 g/mol. The molecule has 7 heteroatoms. The van der Waals surface area contributed by atoms with Gasteiger partial charge in [0.2, 0.25) is 0 Å². The van der Waals surface area contributed by atoms with E-state index < -0.39 is 11.9 Å². The van der Waals surface area contributed by atoms with Crippen molar-refractivity contribution >= 4 is 40.5 Å². The molecule has 0 aliphatic heterocycles. The fraction of sp³-hybridized carbons (Fsp3) is 0.261. The lowest BCUT2D eigenvalue weighted by Gasteiger charge is -2.20. The second kappa shape index (κ2) is 9.13. The van der Waals surface area contributed by atoms with Gasteiger partial charge >= 0.3 is 0 Å². The third-order valence-electron chi connectivity index (χ3n) is 5.17. The smallest absolute Gasteiger partial charge is 0.262 e. The maximum atomic E-state index is 12.7. The van der Waals surface area contributed by atoms with E-state index in [0.717, 1.165) is 22.2 Å². The minimum Gasteiger partial charge on any atom is -0.347 e. The molecule has 0 fully saturated rings. The topological polar surface area (TPSA) is 75.5 Å². The molecule has 3 aromatic rings. The number of nitrogens with one attached hydrogen (secondary N) is 2. The molecule has 0 saturated heterocycles. The molecular weight excluding hydrogens is 400 g/mol. The Bertz CT molecular complexity index is 1120. The first-order valence-electron chi connectivity index (χ1n) is 9.73. The van der Waals surface area contributed by atoms with Gasteiger partial charge in [-0.25, -0.2) is 5.43 Å². The largest absolute Gasteiger partial charge is 0.347 e. The lowest BCUT2D eigenvalue weighted by Crippen LogP contribution is -2.48. The maximum absolute atomic E-state index is 12.7. The Balaban J connectivity index is 1.74. The Morgan fingerprint density at radius 1 is 1.10 bits per heavy atom. The van der Waals surface area contributed by atoms with Gasteiger partial charge < -0.3 is 9.88 Å². The van der Waals surface area contributed by atoms with Crippen LogP contribution in [0.25, 0.3) is 10.9 Å². The van der Waals surface area contributed by atoms with Crippen molar-refractivity contribution in [3.05, 3.63) is 70.4 Å². The lowest BCUT2D eigenvalue weighted by molar-refractivity contribution is -0.123. The minimum absolute atomic E-state index is 0.133. The summed E-state index contributed by atoms with van der Waals surface area (Å²) in [6.07, 6.45) is 1.64. The highest BCUT2D eigenvalue weighted by molar-refractivity contribution is 6.33. The Kier molecular flexibility index (Phi) is 6.57. The van der Waals surface area contributed by atoms with Gasteiger partial charge in [0, 0.05) is 29.2 Å². The Morgan fingerprint density at radius 2 is 1.77 bits per heavy atom. The van der Waals surface area contributed by atoms with Crippen molar-refractivity contribution in [3.8, 4) is 0 Å². The third kappa shape index (κ3) is 4.39. The average molecular weight is 425 g/mol. The van der Waals surface area contributed by atoms with E-state index in [1.807, 2.05) is 52.1 Å². The van der Waals surface area contributed by atoms with Gasteiger partial charge in [-0.05, 0) is 31.0 Å². The van der Waals surface area contributed by atoms with Gasteiger partial charge in [-0.1, -0.05) is 55.8 Å². The first-order chi connectivity index (χ1) is 14.3. The van der Waals surface area contributed by atoms with Gasteiger partial charge in [-0.3, -0.25) is 9.59 Å². The van der Waals surface area contributed by atoms with Gasteiger partial charge in [0.1, 0.15) is 6.04 Å². The number of hydrogen-bond donors (Lipinski definition) is 2. The summed E-state index contributed by atoms with van der Waals surface area (Å²) in [6.45, 7) is 5.72. The molecule has 156 valence electrons. The number of carbonyl (C=O) groups is 2. The van der Waals surface area contributed by atoms with E-state index in [1.165, 1.54) is 0 Å². The summed E-state index contributed by atoms with van der Waals surface area (Å²) >= 11 is 6.09. The summed E-state index contributed by atoms with van der Waals surface area (Å²) in [5, 5.41) is 8.30. The average Bonchev–Trinajstić information content (AvgIpc) is 2.97. The van der Waals surface area contributed by atoms with Crippen molar-refractivity contribution in [2.75, 3.05) is 0 Å². The molecule has 0 bridgehead atoms. The van der Waals surface area contributed by atoms with Crippen molar-refractivity contribution in [1.29, 1.82) is 0 Å². The van der Waals surface area contributed by atoms with Crippen LogP contribution in [0.5, 0.6) is 0 Å². The van der Waals surface area contributed by atoms with Crippen LogP contribution in [0.3, 0.4) is 0 Å². The van der Waals surface area contributed by atoms with Crippen molar-refractivity contribution < 1.29 is 9.59 Å².